The zero-order valence-corrected chi connectivity index (χ0v) is 13.6. The molecule has 1 aromatic rings. The Morgan fingerprint density at radius 2 is 1.91 bits per heavy atom. The Morgan fingerprint density at radius 3 is 2.52 bits per heavy atom. The van der Waals surface area contributed by atoms with Crippen molar-refractivity contribution in [1.82, 2.24) is 4.90 Å². The summed E-state index contributed by atoms with van der Waals surface area (Å²) in [6, 6.07) is 4.66. The Balaban J connectivity index is 2.15. The largest absolute Gasteiger partial charge is 0.490 e. The molecule has 0 aliphatic carbocycles. The van der Waals surface area contributed by atoms with E-state index >= 15 is 0 Å². The van der Waals surface area contributed by atoms with Gasteiger partial charge in [0.25, 0.3) is 5.91 Å². The van der Waals surface area contributed by atoms with E-state index in [2.05, 4.69) is 0 Å². The van der Waals surface area contributed by atoms with Gasteiger partial charge < -0.3 is 19.5 Å². The van der Waals surface area contributed by atoms with Crippen molar-refractivity contribution in [3.8, 4) is 11.5 Å². The van der Waals surface area contributed by atoms with Crippen molar-refractivity contribution in [2.75, 3.05) is 37.8 Å². The van der Waals surface area contributed by atoms with Gasteiger partial charge in [0.2, 0.25) is 0 Å². The highest BCUT2D eigenvalue weighted by Crippen LogP contribution is 2.29. The number of amides is 1. The van der Waals surface area contributed by atoms with Crippen molar-refractivity contribution < 1.29 is 28.4 Å². The maximum absolute atomic E-state index is 12.5. The lowest BCUT2D eigenvalue weighted by Crippen LogP contribution is -2.41. The van der Waals surface area contributed by atoms with Gasteiger partial charge in [0, 0.05) is 41.0 Å². The summed E-state index contributed by atoms with van der Waals surface area (Å²) in [4.78, 5) is 24.7. The minimum atomic E-state index is -1.09. The fourth-order valence-corrected chi connectivity index (χ4v) is 3.24. The topological polar surface area (TPSA) is 93.1 Å². The summed E-state index contributed by atoms with van der Waals surface area (Å²) in [7, 11) is -0.846. The second kappa shape index (κ2) is 7.96. The molecule has 1 N–H and O–H groups in total. The van der Waals surface area contributed by atoms with Crippen LogP contribution in [0.4, 0.5) is 0 Å². The fraction of sp³-hybridized carbons (Fsp3) is 0.467. The summed E-state index contributed by atoms with van der Waals surface area (Å²) in [5, 5.41) is 8.68. The molecule has 0 saturated carbocycles. The van der Waals surface area contributed by atoms with Crippen LogP contribution in [-0.2, 0) is 15.6 Å². The second-order valence-electron chi connectivity index (χ2n) is 4.92. The van der Waals surface area contributed by atoms with E-state index < -0.39 is 23.4 Å². The fourth-order valence-electron chi connectivity index (χ4n) is 2.19. The molecule has 23 heavy (non-hydrogen) atoms. The van der Waals surface area contributed by atoms with Gasteiger partial charge in [-0.3, -0.25) is 9.00 Å². The predicted molar refractivity (Wildman–Crippen MR) is 84.5 cm³/mol. The third-order valence-corrected chi connectivity index (χ3v) is 4.58. The first-order chi connectivity index (χ1) is 11.0. The Morgan fingerprint density at radius 1 is 1.22 bits per heavy atom. The van der Waals surface area contributed by atoms with Crippen LogP contribution in [0, 0.1) is 0 Å². The normalized spacial score (nSPS) is 15.3. The van der Waals surface area contributed by atoms with Crippen LogP contribution in [-0.4, -0.2) is 63.9 Å². The Kier molecular flexibility index (Phi) is 5.97. The molecule has 1 amide bonds. The van der Waals surface area contributed by atoms with Crippen molar-refractivity contribution in [3.63, 3.8) is 0 Å². The van der Waals surface area contributed by atoms with Crippen LogP contribution in [0.25, 0.3) is 0 Å². The van der Waals surface area contributed by atoms with Crippen molar-refractivity contribution in [2.24, 2.45) is 0 Å². The lowest BCUT2D eigenvalue weighted by atomic mass is 10.1. The van der Waals surface area contributed by atoms with Crippen molar-refractivity contribution in [2.45, 2.75) is 6.92 Å². The van der Waals surface area contributed by atoms with Gasteiger partial charge in [0.05, 0.1) is 6.61 Å². The number of benzene rings is 1. The number of carbonyl (C=O) groups is 2. The molecule has 0 bridgehead atoms. The number of hydrogen-bond acceptors (Lipinski definition) is 5. The molecule has 8 heteroatoms. The molecule has 0 radical (unpaired) electrons. The summed E-state index contributed by atoms with van der Waals surface area (Å²) in [6.45, 7) is 2.60. The molecule has 1 aromatic carbocycles. The summed E-state index contributed by atoms with van der Waals surface area (Å²) < 4.78 is 22.0. The minimum Gasteiger partial charge on any atom is -0.490 e. The number of nitrogens with zero attached hydrogens (tertiary/aromatic N) is 1. The average Bonchev–Trinajstić information content (AvgIpc) is 2.54. The van der Waals surface area contributed by atoms with Crippen LogP contribution < -0.4 is 9.47 Å². The number of aliphatic carboxylic acids is 1. The molecule has 126 valence electrons. The molecular formula is C15H19NO6S. The van der Waals surface area contributed by atoms with E-state index in [0.717, 1.165) is 0 Å². The van der Waals surface area contributed by atoms with Crippen LogP contribution in [0.15, 0.2) is 18.2 Å². The summed E-state index contributed by atoms with van der Waals surface area (Å²) in [5.74, 6) is 0.348. The summed E-state index contributed by atoms with van der Waals surface area (Å²) >= 11 is 0. The molecule has 0 atom stereocenters. The van der Waals surface area contributed by atoms with Crippen LogP contribution in [0.2, 0.25) is 0 Å². The molecule has 0 spiro atoms. The van der Waals surface area contributed by atoms with Crippen molar-refractivity contribution in [3.05, 3.63) is 23.8 Å². The zero-order valence-electron chi connectivity index (χ0n) is 12.8. The predicted octanol–water partition coefficient (Wildman–Crippen LogP) is 0.753. The number of rotatable bonds is 6. The third-order valence-electron chi connectivity index (χ3n) is 3.31. The van der Waals surface area contributed by atoms with Gasteiger partial charge in [0.15, 0.2) is 18.1 Å². The maximum atomic E-state index is 12.5. The standard InChI is InChI=1S/C15H19NO6S/c1-2-21-13-9-11(3-4-12(13)22-10-14(17)18)15(19)16-5-7-23(20)8-6-16/h3-4,9H,2,5-8,10H2,1H3,(H,17,18). The third kappa shape index (κ3) is 4.69. The average molecular weight is 341 g/mol. The number of hydrogen-bond donors (Lipinski definition) is 1. The number of carboxylic acids is 1. The number of carboxylic acid groups (broad SMARTS) is 1. The Labute approximate surface area is 136 Å². The van der Waals surface area contributed by atoms with Gasteiger partial charge >= 0.3 is 5.97 Å². The van der Waals surface area contributed by atoms with Crippen LogP contribution >= 0.6 is 0 Å². The van der Waals surface area contributed by atoms with E-state index in [1.807, 2.05) is 0 Å². The molecule has 0 unspecified atom stereocenters. The molecule has 1 heterocycles. The molecule has 7 nitrogen and oxygen atoms in total. The van der Waals surface area contributed by atoms with Crippen LogP contribution in [0.1, 0.15) is 17.3 Å². The highest BCUT2D eigenvalue weighted by atomic mass is 32.2. The number of ether oxygens (including phenoxy) is 2. The van der Waals surface area contributed by atoms with Gasteiger partial charge in [-0.15, -0.1) is 0 Å². The first kappa shape index (κ1) is 17.3. The van der Waals surface area contributed by atoms with Gasteiger partial charge in [-0.2, -0.15) is 0 Å². The quantitative estimate of drug-likeness (QED) is 0.821. The number of carbonyl (C=O) groups excluding carboxylic acids is 1. The van der Waals surface area contributed by atoms with Gasteiger partial charge in [-0.1, -0.05) is 0 Å². The van der Waals surface area contributed by atoms with Gasteiger partial charge in [-0.05, 0) is 25.1 Å². The molecule has 1 saturated heterocycles. The Hall–Kier alpha value is -2.09. The molecule has 0 aromatic heterocycles. The molecular weight excluding hydrogens is 322 g/mol. The van der Waals surface area contributed by atoms with E-state index in [-0.39, 0.29) is 11.7 Å². The highest BCUT2D eigenvalue weighted by molar-refractivity contribution is 7.85. The van der Waals surface area contributed by atoms with E-state index in [4.69, 9.17) is 14.6 Å². The van der Waals surface area contributed by atoms with E-state index in [0.29, 0.717) is 42.5 Å². The molecule has 2 rings (SSSR count). The molecule has 1 fully saturated rings. The minimum absolute atomic E-state index is 0.160. The second-order valence-corrected chi connectivity index (χ2v) is 6.61. The zero-order chi connectivity index (χ0) is 16.8. The molecule has 1 aliphatic heterocycles. The maximum Gasteiger partial charge on any atom is 0.341 e. The van der Waals surface area contributed by atoms with Crippen molar-refractivity contribution >= 4 is 22.7 Å². The van der Waals surface area contributed by atoms with E-state index in [1.165, 1.54) is 6.07 Å². The first-order valence-electron chi connectivity index (χ1n) is 7.27. The lowest BCUT2D eigenvalue weighted by molar-refractivity contribution is -0.139. The Bertz CT molecular complexity index is 608. The highest BCUT2D eigenvalue weighted by Gasteiger charge is 2.22. The smallest absolute Gasteiger partial charge is 0.341 e. The van der Waals surface area contributed by atoms with E-state index in [9.17, 15) is 13.8 Å². The van der Waals surface area contributed by atoms with E-state index in [1.54, 1.807) is 24.0 Å². The summed E-state index contributed by atoms with van der Waals surface area (Å²) in [6.07, 6.45) is 0. The lowest BCUT2D eigenvalue weighted by Gasteiger charge is -2.26. The van der Waals surface area contributed by atoms with Gasteiger partial charge in [0.1, 0.15) is 0 Å². The monoisotopic (exact) mass is 341 g/mol. The SMILES string of the molecule is CCOc1cc(C(=O)N2CCS(=O)CC2)ccc1OCC(=O)O. The summed E-state index contributed by atoms with van der Waals surface area (Å²) in [5.41, 5.74) is 0.434. The van der Waals surface area contributed by atoms with Gasteiger partial charge in [-0.25, -0.2) is 4.79 Å². The molecule has 1 aliphatic rings. The van der Waals surface area contributed by atoms with Crippen LogP contribution in [0.3, 0.4) is 0 Å². The first-order valence-corrected chi connectivity index (χ1v) is 8.75. The van der Waals surface area contributed by atoms with Crippen LogP contribution in [0.5, 0.6) is 11.5 Å². The van der Waals surface area contributed by atoms with Crippen molar-refractivity contribution in [1.29, 1.82) is 0 Å².